The zero-order valence-electron chi connectivity index (χ0n) is 9.34. The third kappa shape index (κ3) is 1.58. The Kier molecular flexibility index (Phi) is 2.14. The highest BCUT2D eigenvalue weighted by Crippen LogP contribution is 2.35. The molecule has 0 radical (unpaired) electrons. The van der Waals surface area contributed by atoms with Gasteiger partial charge in [0.05, 0.1) is 12.0 Å². The molecule has 0 unspecified atom stereocenters. The highest BCUT2D eigenvalue weighted by atomic mass is 16.5. The molecule has 1 amide bonds. The van der Waals surface area contributed by atoms with Crippen molar-refractivity contribution in [3.05, 3.63) is 36.6 Å². The van der Waals surface area contributed by atoms with E-state index in [2.05, 4.69) is 0 Å². The Morgan fingerprint density at radius 3 is 2.94 bits per heavy atom. The summed E-state index contributed by atoms with van der Waals surface area (Å²) in [5, 5.41) is 0. The lowest BCUT2D eigenvalue weighted by Crippen LogP contribution is -2.35. The first kappa shape index (κ1) is 9.96. The number of carbonyl (C=O) groups excluding carboxylic acids is 1. The Labute approximate surface area is 98.4 Å². The van der Waals surface area contributed by atoms with Gasteiger partial charge in [-0.15, -0.1) is 0 Å². The Morgan fingerprint density at radius 1 is 1.29 bits per heavy atom. The predicted molar refractivity (Wildman–Crippen MR) is 63.0 cm³/mol. The Hall–Kier alpha value is -2.23. The van der Waals surface area contributed by atoms with Crippen molar-refractivity contribution in [1.82, 2.24) is 0 Å². The number of nitrogens with zero attached hydrogens (tertiary/aromatic N) is 1. The lowest BCUT2D eigenvalue weighted by atomic mass is 10.1. The molecule has 0 saturated heterocycles. The van der Waals surface area contributed by atoms with Crippen molar-refractivity contribution in [2.75, 3.05) is 18.6 Å². The van der Waals surface area contributed by atoms with Crippen molar-refractivity contribution in [2.24, 2.45) is 0 Å². The fourth-order valence-electron chi connectivity index (χ4n) is 1.87. The van der Waals surface area contributed by atoms with Gasteiger partial charge in [0, 0.05) is 12.6 Å². The van der Waals surface area contributed by atoms with E-state index < -0.39 is 0 Å². The molecule has 0 saturated carbocycles. The van der Waals surface area contributed by atoms with Crippen LogP contribution in [0.1, 0.15) is 0 Å². The van der Waals surface area contributed by atoms with Crippen LogP contribution in [-0.2, 0) is 4.79 Å². The lowest BCUT2D eigenvalue weighted by Gasteiger charge is -2.26. The van der Waals surface area contributed by atoms with E-state index in [0.717, 1.165) is 17.0 Å². The van der Waals surface area contributed by atoms with E-state index in [0.29, 0.717) is 5.75 Å². The maximum atomic E-state index is 11.5. The Balaban J connectivity index is 2.06. The number of ether oxygens (including phenoxy) is 1. The second-order valence-corrected chi connectivity index (χ2v) is 3.90. The standard InChI is InChI=1S/C13H11NO3/c1-14-10-5-4-9(11-3-2-6-16-11)7-12(10)17-8-13(14)15/h2-7H,8H2,1H3. The topological polar surface area (TPSA) is 42.7 Å². The molecule has 0 aliphatic carbocycles. The number of rotatable bonds is 1. The van der Waals surface area contributed by atoms with E-state index in [1.165, 1.54) is 0 Å². The van der Waals surface area contributed by atoms with Crippen LogP contribution in [0.2, 0.25) is 0 Å². The molecule has 0 N–H and O–H groups in total. The van der Waals surface area contributed by atoms with Crippen LogP contribution >= 0.6 is 0 Å². The molecule has 2 aromatic rings. The van der Waals surface area contributed by atoms with Gasteiger partial charge in [-0.05, 0) is 30.3 Å². The third-order valence-corrected chi connectivity index (χ3v) is 2.85. The van der Waals surface area contributed by atoms with E-state index in [1.54, 1.807) is 18.2 Å². The fourth-order valence-corrected chi connectivity index (χ4v) is 1.87. The maximum absolute atomic E-state index is 11.5. The van der Waals surface area contributed by atoms with E-state index in [9.17, 15) is 4.79 Å². The van der Waals surface area contributed by atoms with Crippen LogP contribution < -0.4 is 9.64 Å². The quantitative estimate of drug-likeness (QED) is 0.753. The molecule has 0 bridgehead atoms. The summed E-state index contributed by atoms with van der Waals surface area (Å²) >= 11 is 0. The van der Waals surface area contributed by atoms with Crippen LogP contribution in [-0.4, -0.2) is 19.6 Å². The summed E-state index contributed by atoms with van der Waals surface area (Å²) in [6, 6.07) is 9.39. The largest absolute Gasteiger partial charge is 0.482 e. The van der Waals surface area contributed by atoms with Gasteiger partial charge >= 0.3 is 0 Å². The number of fused-ring (bicyclic) bond motifs is 1. The summed E-state index contributed by atoms with van der Waals surface area (Å²) in [7, 11) is 1.75. The average Bonchev–Trinajstić information content (AvgIpc) is 2.87. The monoisotopic (exact) mass is 229 g/mol. The number of furan rings is 1. The average molecular weight is 229 g/mol. The van der Waals surface area contributed by atoms with E-state index >= 15 is 0 Å². The van der Waals surface area contributed by atoms with Crippen molar-refractivity contribution in [2.45, 2.75) is 0 Å². The number of hydrogen-bond donors (Lipinski definition) is 0. The first-order valence-electron chi connectivity index (χ1n) is 5.33. The van der Waals surface area contributed by atoms with Gasteiger partial charge in [-0.2, -0.15) is 0 Å². The van der Waals surface area contributed by atoms with Gasteiger partial charge in [0.25, 0.3) is 5.91 Å². The minimum atomic E-state index is -0.0387. The van der Waals surface area contributed by atoms with Gasteiger partial charge < -0.3 is 14.1 Å². The van der Waals surface area contributed by atoms with Crippen molar-refractivity contribution in [3.63, 3.8) is 0 Å². The first-order valence-corrected chi connectivity index (χ1v) is 5.33. The van der Waals surface area contributed by atoms with Crippen LogP contribution in [0.3, 0.4) is 0 Å². The first-order chi connectivity index (χ1) is 8.25. The lowest BCUT2D eigenvalue weighted by molar-refractivity contribution is -0.120. The normalized spacial score (nSPS) is 14.4. The van der Waals surface area contributed by atoms with Crippen LogP contribution in [0.15, 0.2) is 41.0 Å². The van der Waals surface area contributed by atoms with Gasteiger partial charge in [0.15, 0.2) is 6.61 Å². The molecule has 86 valence electrons. The Morgan fingerprint density at radius 2 is 2.18 bits per heavy atom. The smallest absolute Gasteiger partial charge is 0.264 e. The van der Waals surface area contributed by atoms with E-state index in [-0.39, 0.29) is 12.5 Å². The van der Waals surface area contributed by atoms with E-state index in [1.807, 2.05) is 30.3 Å². The molecule has 0 atom stereocenters. The molecule has 1 aliphatic heterocycles. The van der Waals surface area contributed by atoms with Crippen molar-refractivity contribution >= 4 is 11.6 Å². The molecule has 4 heteroatoms. The minimum absolute atomic E-state index is 0.0387. The third-order valence-electron chi connectivity index (χ3n) is 2.85. The fraction of sp³-hybridized carbons (Fsp3) is 0.154. The highest BCUT2D eigenvalue weighted by Gasteiger charge is 2.22. The maximum Gasteiger partial charge on any atom is 0.264 e. The van der Waals surface area contributed by atoms with Crippen LogP contribution in [0, 0.1) is 0 Å². The van der Waals surface area contributed by atoms with Gasteiger partial charge in [0.1, 0.15) is 11.5 Å². The van der Waals surface area contributed by atoms with E-state index in [4.69, 9.17) is 9.15 Å². The Bertz CT molecular complexity index is 560. The number of carbonyl (C=O) groups is 1. The second-order valence-electron chi connectivity index (χ2n) is 3.90. The van der Waals surface area contributed by atoms with Crippen molar-refractivity contribution in [1.29, 1.82) is 0 Å². The predicted octanol–water partition coefficient (Wildman–Crippen LogP) is 2.30. The summed E-state index contributed by atoms with van der Waals surface area (Å²) in [5.74, 6) is 1.46. The molecule has 1 aliphatic rings. The second kappa shape index (κ2) is 3.66. The molecule has 4 nitrogen and oxygen atoms in total. The summed E-state index contributed by atoms with van der Waals surface area (Å²) in [6.07, 6.45) is 1.63. The highest BCUT2D eigenvalue weighted by molar-refractivity contribution is 5.97. The summed E-state index contributed by atoms with van der Waals surface area (Å²) in [6.45, 7) is 0.0884. The van der Waals surface area contributed by atoms with Crippen LogP contribution in [0.25, 0.3) is 11.3 Å². The molecule has 1 aromatic heterocycles. The number of amides is 1. The van der Waals surface area contributed by atoms with Crippen LogP contribution in [0.5, 0.6) is 5.75 Å². The van der Waals surface area contributed by atoms with Gasteiger partial charge in [-0.1, -0.05) is 0 Å². The molecule has 1 aromatic carbocycles. The SMILES string of the molecule is CN1C(=O)COc2cc(-c3ccco3)ccc21. The summed E-state index contributed by atoms with van der Waals surface area (Å²) in [5.41, 5.74) is 1.73. The zero-order chi connectivity index (χ0) is 11.8. The number of anilines is 1. The molecule has 3 rings (SSSR count). The molecular formula is C13H11NO3. The molecule has 0 spiro atoms. The van der Waals surface area contributed by atoms with Crippen LogP contribution in [0.4, 0.5) is 5.69 Å². The zero-order valence-corrected chi connectivity index (χ0v) is 9.34. The van der Waals surface area contributed by atoms with Crippen molar-refractivity contribution in [3.8, 4) is 17.1 Å². The number of likely N-dealkylation sites (N-methyl/N-ethyl adjacent to an activating group) is 1. The molecular weight excluding hydrogens is 218 g/mol. The summed E-state index contributed by atoms with van der Waals surface area (Å²) in [4.78, 5) is 13.1. The van der Waals surface area contributed by atoms with Gasteiger partial charge in [0.2, 0.25) is 0 Å². The van der Waals surface area contributed by atoms with Crippen molar-refractivity contribution < 1.29 is 13.9 Å². The number of benzene rings is 1. The van der Waals surface area contributed by atoms with Gasteiger partial charge in [-0.3, -0.25) is 4.79 Å². The minimum Gasteiger partial charge on any atom is -0.482 e. The summed E-state index contributed by atoms with van der Waals surface area (Å²) < 4.78 is 10.7. The molecule has 17 heavy (non-hydrogen) atoms. The molecule has 0 fully saturated rings. The number of hydrogen-bond acceptors (Lipinski definition) is 3. The molecule has 2 heterocycles. The van der Waals surface area contributed by atoms with Gasteiger partial charge in [-0.25, -0.2) is 0 Å².